The minimum atomic E-state index is -0.680. The summed E-state index contributed by atoms with van der Waals surface area (Å²) in [5, 5.41) is 3.72. The highest BCUT2D eigenvalue weighted by Crippen LogP contribution is 2.25. The largest absolute Gasteiger partial charge is 0.383 e. The maximum atomic E-state index is 11.7. The highest BCUT2D eigenvalue weighted by atomic mass is 35.5. The molecule has 1 rings (SSSR count). The number of hydrogen-bond donors (Lipinski definition) is 2. The van der Waals surface area contributed by atoms with Crippen molar-refractivity contribution in [1.29, 1.82) is 0 Å². The van der Waals surface area contributed by atoms with Gasteiger partial charge in [-0.2, -0.15) is 0 Å². The summed E-state index contributed by atoms with van der Waals surface area (Å²) >= 11 is 11.7. The van der Waals surface area contributed by atoms with Gasteiger partial charge in [0.25, 0.3) is 0 Å². The highest BCUT2D eigenvalue weighted by molar-refractivity contribution is 6.42. The minimum Gasteiger partial charge on any atom is -0.383 e. The fraction of sp³-hybridized carbons (Fsp3) is 0.417. The Morgan fingerprint density at radius 3 is 2.58 bits per heavy atom. The first-order valence-electron chi connectivity index (χ1n) is 5.45. The molecule has 0 aliphatic carbocycles. The zero-order valence-electron chi connectivity index (χ0n) is 10.7. The molecule has 0 saturated heterocycles. The van der Waals surface area contributed by atoms with Gasteiger partial charge in [0.1, 0.15) is 6.04 Å². The first-order chi connectivity index (χ1) is 8.45. The molecular weight excluding hydrogens is 311 g/mol. The molecule has 0 spiro atoms. The monoisotopic (exact) mass is 326 g/mol. The number of carbonyl (C=O) groups excluding carboxylic acids is 1. The van der Waals surface area contributed by atoms with E-state index in [1.54, 1.807) is 18.2 Å². The smallest absolute Gasteiger partial charge is 0.239 e. The van der Waals surface area contributed by atoms with Gasteiger partial charge in [0.15, 0.2) is 0 Å². The zero-order valence-corrected chi connectivity index (χ0v) is 13.0. The predicted molar refractivity (Wildman–Crippen MR) is 80.1 cm³/mol. The summed E-state index contributed by atoms with van der Waals surface area (Å²) in [5.41, 5.74) is 6.49. The van der Waals surface area contributed by atoms with Crippen LogP contribution < -0.4 is 11.1 Å². The molecule has 0 radical (unpaired) electrons. The number of rotatable bonds is 5. The number of benzene rings is 1. The lowest BCUT2D eigenvalue weighted by Crippen LogP contribution is -2.44. The van der Waals surface area contributed by atoms with Crippen LogP contribution in [0.25, 0.3) is 0 Å². The molecule has 0 bridgehead atoms. The number of methoxy groups -OCH3 is 1. The van der Waals surface area contributed by atoms with Crippen LogP contribution in [-0.4, -0.2) is 25.7 Å². The van der Waals surface area contributed by atoms with Gasteiger partial charge in [0.2, 0.25) is 5.91 Å². The Kier molecular flexibility index (Phi) is 8.38. The van der Waals surface area contributed by atoms with Gasteiger partial charge >= 0.3 is 0 Å². The minimum absolute atomic E-state index is 0. The second-order valence-corrected chi connectivity index (χ2v) is 4.78. The Labute approximate surface area is 129 Å². The van der Waals surface area contributed by atoms with Crippen LogP contribution >= 0.6 is 35.6 Å². The van der Waals surface area contributed by atoms with Crippen molar-refractivity contribution in [2.24, 2.45) is 5.73 Å². The first kappa shape index (κ1) is 18.5. The lowest BCUT2D eigenvalue weighted by atomic mass is 10.1. The number of ether oxygens (including phenoxy) is 1. The van der Waals surface area contributed by atoms with Gasteiger partial charge in [-0.25, -0.2) is 0 Å². The summed E-state index contributed by atoms with van der Waals surface area (Å²) in [6, 6.07) is 4.34. The third-order valence-corrected chi connectivity index (χ3v) is 3.22. The zero-order chi connectivity index (χ0) is 13.7. The van der Waals surface area contributed by atoms with Crippen molar-refractivity contribution < 1.29 is 9.53 Å². The summed E-state index contributed by atoms with van der Waals surface area (Å²) in [7, 11) is 1.50. The fourth-order valence-corrected chi connectivity index (χ4v) is 1.75. The van der Waals surface area contributed by atoms with Gasteiger partial charge < -0.3 is 15.8 Å². The van der Waals surface area contributed by atoms with Gasteiger partial charge in [-0.3, -0.25) is 4.79 Å². The van der Waals surface area contributed by atoms with Crippen LogP contribution in [0.1, 0.15) is 18.5 Å². The molecule has 2 unspecified atom stereocenters. The van der Waals surface area contributed by atoms with Crippen molar-refractivity contribution in [3.05, 3.63) is 33.8 Å². The quantitative estimate of drug-likeness (QED) is 0.873. The highest BCUT2D eigenvalue weighted by Gasteiger charge is 2.16. The predicted octanol–water partition coefficient (Wildman–Crippen LogP) is 2.57. The van der Waals surface area contributed by atoms with E-state index in [0.717, 1.165) is 5.56 Å². The first-order valence-corrected chi connectivity index (χ1v) is 6.21. The fourth-order valence-electron chi connectivity index (χ4n) is 1.44. The number of amides is 1. The molecule has 0 fully saturated rings. The van der Waals surface area contributed by atoms with Crippen LogP contribution in [0, 0.1) is 0 Å². The molecule has 7 heteroatoms. The molecule has 108 valence electrons. The number of nitrogens with two attached hydrogens (primary N) is 1. The number of nitrogens with one attached hydrogen (secondary N) is 1. The van der Waals surface area contributed by atoms with Gasteiger partial charge in [0, 0.05) is 7.11 Å². The lowest BCUT2D eigenvalue weighted by Gasteiger charge is -2.17. The van der Waals surface area contributed by atoms with E-state index in [4.69, 9.17) is 33.7 Å². The topological polar surface area (TPSA) is 64.3 Å². The maximum absolute atomic E-state index is 11.7. The van der Waals surface area contributed by atoms with Crippen molar-refractivity contribution in [3.8, 4) is 0 Å². The molecule has 19 heavy (non-hydrogen) atoms. The standard InChI is InChI=1S/C12H16Cl2N2O2.ClH/c1-7(16-12(17)11(15)6-18-2)8-3-4-9(13)10(14)5-8;/h3-5,7,11H,6,15H2,1-2H3,(H,16,17);1H. The van der Waals surface area contributed by atoms with Crippen LogP contribution in [0.4, 0.5) is 0 Å². The molecule has 1 amide bonds. The Balaban J connectivity index is 0.00000324. The molecule has 2 atom stereocenters. The van der Waals surface area contributed by atoms with Crippen LogP contribution in [-0.2, 0) is 9.53 Å². The van der Waals surface area contributed by atoms with E-state index in [-0.39, 0.29) is 31.0 Å². The third kappa shape index (κ3) is 5.55. The summed E-state index contributed by atoms with van der Waals surface area (Å²) in [4.78, 5) is 11.7. The molecule has 0 aliphatic rings. The van der Waals surface area contributed by atoms with E-state index >= 15 is 0 Å². The van der Waals surface area contributed by atoms with Crippen LogP contribution in [0.2, 0.25) is 10.0 Å². The summed E-state index contributed by atoms with van der Waals surface area (Å²) in [6.45, 7) is 2.02. The Morgan fingerprint density at radius 2 is 2.05 bits per heavy atom. The summed E-state index contributed by atoms with van der Waals surface area (Å²) in [6.07, 6.45) is 0. The van der Waals surface area contributed by atoms with Crippen molar-refractivity contribution >= 4 is 41.5 Å². The molecule has 1 aromatic rings. The van der Waals surface area contributed by atoms with E-state index < -0.39 is 6.04 Å². The van der Waals surface area contributed by atoms with Gasteiger partial charge in [-0.1, -0.05) is 29.3 Å². The second kappa shape index (κ2) is 8.61. The molecule has 0 aliphatic heterocycles. The SMILES string of the molecule is COCC(N)C(=O)NC(C)c1ccc(Cl)c(Cl)c1.Cl. The molecule has 0 heterocycles. The van der Waals surface area contributed by atoms with Crippen LogP contribution in [0.15, 0.2) is 18.2 Å². The van der Waals surface area contributed by atoms with Crippen molar-refractivity contribution in [2.75, 3.05) is 13.7 Å². The van der Waals surface area contributed by atoms with Gasteiger partial charge in [-0.15, -0.1) is 12.4 Å². The van der Waals surface area contributed by atoms with Gasteiger partial charge in [-0.05, 0) is 24.6 Å². The van der Waals surface area contributed by atoms with E-state index in [2.05, 4.69) is 5.32 Å². The van der Waals surface area contributed by atoms with Crippen molar-refractivity contribution in [3.63, 3.8) is 0 Å². The van der Waals surface area contributed by atoms with E-state index in [9.17, 15) is 4.79 Å². The third-order valence-electron chi connectivity index (χ3n) is 2.49. The van der Waals surface area contributed by atoms with Crippen LogP contribution in [0.5, 0.6) is 0 Å². The van der Waals surface area contributed by atoms with Crippen LogP contribution in [0.3, 0.4) is 0 Å². The number of carbonyl (C=O) groups is 1. The number of halogens is 3. The van der Waals surface area contributed by atoms with Gasteiger partial charge in [0.05, 0.1) is 22.7 Å². The lowest BCUT2D eigenvalue weighted by molar-refractivity contribution is -0.124. The van der Waals surface area contributed by atoms with E-state index in [1.807, 2.05) is 6.92 Å². The Bertz CT molecular complexity index is 429. The molecule has 4 nitrogen and oxygen atoms in total. The van der Waals surface area contributed by atoms with Crippen molar-refractivity contribution in [2.45, 2.75) is 19.0 Å². The normalized spacial score (nSPS) is 13.3. The number of hydrogen-bond acceptors (Lipinski definition) is 3. The van der Waals surface area contributed by atoms with E-state index in [0.29, 0.717) is 10.0 Å². The molecule has 0 aromatic heterocycles. The molecule has 1 aromatic carbocycles. The van der Waals surface area contributed by atoms with E-state index in [1.165, 1.54) is 7.11 Å². The second-order valence-electron chi connectivity index (χ2n) is 3.97. The summed E-state index contributed by atoms with van der Waals surface area (Å²) < 4.78 is 4.82. The average Bonchev–Trinajstić information content (AvgIpc) is 2.32. The summed E-state index contributed by atoms with van der Waals surface area (Å²) in [5.74, 6) is -0.268. The Morgan fingerprint density at radius 1 is 1.42 bits per heavy atom. The van der Waals surface area contributed by atoms with Crippen molar-refractivity contribution in [1.82, 2.24) is 5.32 Å². The Hall–Kier alpha value is -0.520. The molecule has 0 saturated carbocycles. The maximum Gasteiger partial charge on any atom is 0.239 e. The molecule has 3 N–H and O–H groups in total. The molecular formula is C12H17Cl3N2O2. The average molecular weight is 328 g/mol.